The second-order valence-electron chi connectivity index (χ2n) is 14.7. The van der Waals surface area contributed by atoms with Crippen molar-refractivity contribution in [2.75, 3.05) is 49.1 Å². The van der Waals surface area contributed by atoms with Gasteiger partial charge in [0.15, 0.2) is 11.6 Å². The first kappa shape index (κ1) is 33.7. The molecule has 3 aliphatic rings. The minimum atomic E-state index is -0.615. The normalized spacial score (nSPS) is 23.6. The molecule has 2 aromatic rings. The molecule has 1 N–H and O–H groups in total. The second kappa shape index (κ2) is 14.4. The minimum Gasteiger partial charge on any atom is -0.490 e. The van der Waals surface area contributed by atoms with Gasteiger partial charge in [-0.15, -0.1) is 0 Å². The van der Waals surface area contributed by atoms with Crippen molar-refractivity contribution in [2.24, 2.45) is 17.8 Å². The summed E-state index contributed by atoms with van der Waals surface area (Å²) in [6.45, 7) is 18.2. The highest BCUT2D eigenvalue weighted by atomic mass is 16.6. The second-order valence-corrected chi connectivity index (χ2v) is 14.7. The molecule has 13 heteroatoms. The average molecular weight is 641 g/mol. The zero-order chi connectivity index (χ0) is 33.0. The number of ether oxygens (including phenoxy) is 2. The number of nitrogens with zero attached hydrogens (tertiary/aromatic N) is 7. The fraction of sp³-hybridized carbons (Fsp3) is 0.758. The molecule has 0 saturated carbocycles. The molecule has 2 aromatic heterocycles. The van der Waals surface area contributed by atoms with Crippen molar-refractivity contribution < 1.29 is 23.6 Å². The standard InChI is InChI=1S/C33H52N8O5/c1-21(2)29-37-31(46-38-29)39-13-10-24(11-14-39)23(4)12-15-44-25-16-34-30(35-17-25)40-19-26(36-32(43)45-33(5,6)7)27(20-40)41-18-22(3)8-9-28(41)42/h16-17,21-24,26-27H,8-15,18-20H2,1-7H3,(H,36,43)/t22?,23?,26-,27-/m0/s1. The van der Waals surface area contributed by atoms with Crippen LogP contribution in [0.2, 0.25) is 0 Å². The molecule has 0 bridgehead atoms. The molecule has 2 unspecified atom stereocenters. The smallest absolute Gasteiger partial charge is 0.408 e. The van der Waals surface area contributed by atoms with Crippen LogP contribution in [0.1, 0.15) is 92.3 Å². The maximum atomic E-state index is 12.9. The van der Waals surface area contributed by atoms with E-state index in [1.807, 2.05) is 30.6 Å². The summed E-state index contributed by atoms with van der Waals surface area (Å²) in [5.41, 5.74) is -0.615. The number of aromatic nitrogens is 4. The van der Waals surface area contributed by atoms with Gasteiger partial charge in [0.1, 0.15) is 5.60 Å². The van der Waals surface area contributed by atoms with Crippen LogP contribution < -0.4 is 19.9 Å². The molecule has 3 fully saturated rings. The van der Waals surface area contributed by atoms with Crippen LogP contribution in [0.15, 0.2) is 16.9 Å². The molecule has 0 spiro atoms. The summed E-state index contributed by atoms with van der Waals surface area (Å²) in [6.07, 6.45) is 7.45. The molecule has 0 aliphatic carbocycles. The highest BCUT2D eigenvalue weighted by Crippen LogP contribution is 2.30. The number of nitrogens with one attached hydrogen (secondary N) is 1. The Kier molecular flexibility index (Phi) is 10.6. The topological polar surface area (TPSA) is 139 Å². The van der Waals surface area contributed by atoms with Gasteiger partial charge in [0.2, 0.25) is 11.9 Å². The molecule has 46 heavy (non-hydrogen) atoms. The van der Waals surface area contributed by atoms with Gasteiger partial charge in [-0.2, -0.15) is 4.98 Å². The molecular weight excluding hydrogens is 588 g/mol. The van der Waals surface area contributed by atoms with Crippen molar-refractivity contribution in [1.82, 2.24) is 30.3 Å². The number of hydrogen-bond acceptors (Lipinski definition) is 11. The van der Waals surface area contributed by atoms with Gasteiger partial charge in [-0.3, -0.25) is 4.79 Å². The van der Waals surface area contributed by atoms with Crippen molar-refractivity contribution in [2.45, 2.75) is 104 Å². The van der Waals surface area contributed by atoms with Crippen LogP contribution in [0.4, 0.5) is 16.8 Å². The highest BCUT2D eigenvalue weighted by molar-refractivity contribution is 5.78. The third-order valence-corrected chi connectivity index (χ3v) is 9.37. The van der Waals surface area contributed by atoms with E-state index in [2.05, 4.69) is 58.0 Å². The Morgan fingerprint density at radius 2 is 1.78 bits per heavy atom. The third-order valence-electron chi connectivity index (χ3n) is 9.37. The van der Waals surface area contributed by atoms with Crippen molar-refractivity contribution in [1.29, 1.82) is 0 Å². The summed E-state index contributed by atoms with van der Waals surface area (Å²) in [4.78, 5) is 45.5. The zero-order valence-electron chi connectivity index (χ0n) is 28.6. The maximum absolute atomic E-state index is 12.9. The number of likely N-dealkylation sites (tertiary alicyclic amines) is 1. The summed E-state index contributed by atoms with van der Waals surface area (Å²) in [6, 6.07) is 0.136. The lowest BCUT2D eigenvalue weighted by molar-refractivity contribution is -0.137. The van der Waals surface area contributed by atoms with E-state index in [1.54, 1.807) is 12.4 Å². The number of carbonyl (C=O) groups excluding carboxylic acids is 2. The SMILES string of the molecule is CC1CCC(=O)N([C@H]2CN(c3ncc(OCCC(C)C4CCN(c5nc(C(C)C)no5)CC4)cn3)C[C@@H]2NC(=O)OC(C)(C)C)C1. The summed E-state index contributed by atoms with van der Waals surface area (Å²) in [7, 11) is 0. The molecule has 254 valence electrons. The molecule has 0 aromatic carbocycles. The molecule has 5 heterocycles. The van der Waals surface area contributed by atoms with Gasteiger partial charge in [-0.25, -0.2) is 14.8 Å². The molecule has 4 atom stereocenters. The number of alkyl carbamates (subject to hydrolysis) is 1. The number of carbonyl (C=O) groups is 2. The van der Waals surface area contributed by atoms with Crippen molar-refractivity contribution in [3.8, 4) is 5.75 Å². The molecule has 2 amide bonds. The quantitative estimate of drug-likeness (QED) is 0.388. The van der Waals surface area contributed by atoms with Crippen LogP contribution >= 0.6 is 0 Å². The zero-order valence-corrected chi connectivity index (χ0v) is 28.6. The summed E-state index contributed by atoms with van der Waals surface area (Å²) >= 11 is 0. The molecule has 3 saturated heterocycles. The first-order valence-corrected chi connectivity index (χ1v) is 16.9. The Balaban J connectivity index is 1.11. The molecule has 3 aliphatic heterocycles. The van der Waals surface area contributed by atoms with Gasteiger partial charge in [-0.05, 0) is 64.2 Å². The Hall–Kier alpha value is -3.64. The predicted octanol–water partition coefficient (Wildman–Crippen LogP) is 4.65. The number of piperidine rings is 2. The van der Waals surface area contributed by atoms with Crippen LogP contribution in [0.3, 0.4) is 0 Å². The molecule has 13 nitrogen and oxygen atoms in total. The van der Waals surface area contributed by atoms with E-state index in [1.165, 1.54) is 0 Å². The lowest BCUT2D eigenvalue weighted by Crippen LogP contribution is -2.56. The fourth-order valence-electron chi connectivity index (χ4n) is 6.62. The number of anilines is 2. The Morgan fingerprint density at radius 1 is 1.07 bits per heavy atom. The molecular formula is C33H52N8O5. The fourth-order valence-corrected chi connectivity index (χ4v) is 6.62. The van der Waals surface area contributed by atoms with Crippen molar-refractivity contribution in [3.05, 3.63) is 18.2 Å². The van der Waals surface area contributed by atoms with E-state index >= 15 is 0 Å². The van der Waals surface area contributed by atoms with E-state index in [0.717, 1.165) is 44.6 Å². The van der Waals surface area contributed by atoms with E-state index in [4.69, 9.17) is 14.0 Å². The lowest BCUT2D eigenvalue weighted by atomic mass is 9.84. The highest BCUT2D eigenvalue weighted by Gasteiger charge is 2.42. The number of rotatable bonds is 10. The van der Waals surface area contributed by atoms with Crippen LogP contribution in [-0.2, 0) is 9.53 Å². The van der Waals surface area contributed by atoms with Crippen LogP contribution in [0.5, 0.6) is 5.75 Å². The Labute approximate surface area is 272 Å². The van der Waals surface area contributed by atoms with E-state index < -0.39 is 11.7 Å². The largest absolute Gasteiger partial charge is 0.490 e. The Bertz CT molecular complexity index is 1300. The Morgan fingerprint density at radius 3 is 2.43 bits per heavy atom. The van der Waals surface area contributed by atoms with Gasteiger partial charge >= 0.3 is 12.1 Å². The van der Waals surface area contributed by atoms with Gasteiger partial charge in [0, 0.05) is 45.1 Å². The monoisotopic (exact) mass is 640 g/mol. The van der Waals surface area contributed by atoms with Crippen molar-refractivity contribution >= 4 is 24.0 Å². The first-order valence-electron chi connectivity index (χ1n) is 16.9. The summed E-state index contributed by atoms with van der Waals surface area (Å²) in [5.74, 6) is 3.85. The van der Waals surface area contributed by atoms with Crippen molar-refractivity contribution in [3.63, 3.8) is 0 Å². The van der Waals surface area contributed by atoms with Crippen LogP contribution in [0, 0.1) is 17.8 Å². The molecule has 5 rings (SSSR count). The minimum absolute atomic E-state index is 0.123. The number of hydrogen-bond donors (Lipinski definition) is 1. The summed E-state index contributed by atoms with van der Waals surface area (Å²) < 4.78 is 17.1. The van der Waals surface area contributed by atoms with Crippen LogP contribution in [0.25, 0.3) is 0 Å². The van der Waals surface area contributed by atoms with E-state index in [-0.39, 0.29) is 23.9 Å². The van der Waals surface area contributed by atoms with Crippen LogP contribution in [-0.4, -0.2) is 94.0 Å². The molecule has 0 radical (unpaired) electrons. The van der Waals surface area contributed by atoms with E-state index in [0.29, 0.717) is 68.1 Å². The first-order chi connectivity index (χ1) is 21.9. The van der Waals surface area contributed by atoms with Gasteiger partial charge in [0.05, 0.1) is 31.1 Å². The average Bonchev–Trinajstić information content (AvgIpc) is 3.66. The lowest BCUT2D eigenvalue weighted by Gasteiger charge is -2.37. The summed E-state index contributed by atoms with van der Waals surface area (Å²) in [5, 5.41) is 7.12. The third kappa shape index (κ3) is 8.58. The van der Waals surface area contributed by atoms with Gasteiger partial charge in [-0.1, -0.05) is 32.9 Å². The number of amides is 2. The van der Waals surface area contributed by atoms with E-state index in [9.17, 15) is 9.59 Å². The van der Waals surface area contributed by atoms with Gasteiger partial charge < -0.3 is 34.0 Å². The predicted molar refractivity (Wildman–Crippen MR) is 174 cm³/mol. The maximum Gasteiger partial charge on any atom is 0.408 e. The van der Waals surface area contributed by atoms with Gasteiger partial charge in [0.25, 0.3) is 0 Å².